The molecule has 0 atom stereocenters. The lowest BCUT2D eigenvalue weighted by atomic mass is 9.67. The molecule has 0 amide bonds. The van der Waals surface area contributed by atoms with Gasteiger partial charge in [-0.05, 0) is 62.7 Å². The summed E-state index contributed by atoms with van der Waals surface area (Å²) in [6.07, 6.45) is 18.5. The molecule has 1 N–H and O–H groups in total. The number of hydrogen-bond acceptors (Lipinski definition) is 1. The highest BCUT2D eigenvalue weighted by Crippen LogP contribution is 2.44. The Morgan fingerprint density at radius 2 is 1.43 bits per heavy atom. The third kappa shape index (κ3) is 5.27. The van der Waals surface area contributed by atoms with Crippen LogP contribution in [0.3, 0.4) is 0 Å². The van der Waals surface area contributed by atoms with Crippen LogP contribution in [0.5, 0.6) is 0 Å². The molecule has 0 aliphatic heterocycles. The fraction of sp³-hybridized carbons (Fsp3) is 1.00. The molecule has 2 fully saturated rings. The number of aliphatic hydroxyl groups is 1. The first-order chi connectivity index (χ1) is 10.2. The fourth-order valence-corrected chi connectivity index (χ4v) is 5.00. The number of unbranched alkanes of at least 4 members (excludes halogenated alkanes) is 2. The molecule has 0 heterocycles. The molecule has 0 aromatic heterocycles. The second-order valence-corrected chi connectivity index (χ2v) is 8.09. The second kappa shape index (κ2) is 8.56. The summed E-state index contributed by atoms with van der Waals surface area (Å²) in [5.74, 6) is 2.95. The third-order valence-corrected chi connectivity index (χ3v) is 6.45. The van der Waals surface area contributed by atoms with E-state index in [1.54, 1.807) is 0 Å². The minimum Gasteiger partial charge on any atom is -0.390 e. The molecule has 21 heavy (non-hydrogen) atoms. The highest BCUT2D eigenvalue weighted by Gasteiger charge is 2.36. The molecule has 1 heteroatoms. The SMILES string of the molecule is CCCCCC1CCC(C2CCC(O)(CCC)CC2)CC1. The molecule has 2 aliphatic carbocycles. The molecule has 0 radical (unpaired) electrons. The van der Waals surface area contributed by atoms with Crippen molar-refractivity contribution >= 4 is 0 Å². The average molecular weight is 295 g/mol. The van der Waals surface area contributed by atoms with Crippen LogP contribution in [0.1, 0.15) is 104 Å². The van der Waals surface area contributed by atoms with Gasteiger partial charge in [0.25, 0.3) is 0 Å². The summed E-state index contributed by atoms with van der Waals surface area (Å²) in [6.45, 7) is 4.50. The Hall–Kier alpha value is -0.0400. The van der Waals surface area contributed by atoms with E-state index in [4.69, 9.17) is 0 Å². The Morgan fingerprint density at radius 1 is 0.810 bits per heavy atom. The smallest absolute Gasteiger partial charge is 0.0648 e. The van der Waals surface area contributed by atoms with Crippen molar-refractivity contribution in [3.8, 4) is 0 Å². The molecule has 0 aromatic carbocycles. The summed E-state index contributed by atoms with van der Waals surface area (Å²) >= 11 is 0. The van der Waals surface area contributed by atoms with Gasteiger partial charge in [-0.2, -0.15) is 0 Å². The Labute approximate surface area is 132 Å². The van der Waals surface area contributed by atoms with Crippen molar-refractivity contribution in [2.24, 2.45) is 17.8 Å². The summed E-state index contributed by atoms with van der Waals surface area (Å²) in [5.41, 5.74) is -0.303. The van der Waals surface area contributed by atoms with Gasteiger partial charge in [-0.3, -0.25) is 0 Å². The van der Waals surface area contributed by atoms with Crippen LogP contribution >= 0.6 is 0 Å². The third-order valence-electron chi connectivity index (χ3n) is 6.45. The lowest BCUT2D eigenvalue weighted by Gasteiger charge is -2.41. The van der Waals surface area contributed by atoms with Crippen LogP contribution < -0.4 is 0 Å². The number of rotatable bonds is 7. The molecule has 0 spiro atoms. The van der Waals surface area contributed by atoms with E-state index in [-0.39, 0.29) is 5.60 Å². The predicted octanol–water partition coefficient (Wildman–Crippen LogP) is 6.09. The van der Waals surface area contributed by atoms with Crippen molar-refractivity contribution in [2.75, 3.05) is 0 Å². The summed E-state index contributed by atoms with van der Waals surface area (Å²) < 4.78 is 0. The van der Waals surface area contributed by atoms with Crippen molar-refractivity contribution in [1.29, 1.82) is 0 Å². The van der Waals surface area contributed by atoms with Gasteiger partial charge in [0, 0.05) is 0 Å². The summed E-state index contributed by atoms with van der Waals surface area (Å²) in [7, 11) is 0. The Kier molecular flexibility index (Phi) is 7.05. The molecule has 2 rings (SSSR count). The first-order valence-corrected chi connectivity index (χ1v) is 9.89. The summed E-state index contributed by atoms with van der Waals surface area (Å²) in [6, 6.07) is 0. The predicted molar refractivity (Wildman–Crippen MR) is 91.4 cm³/mol. The van der Waals surface area contributed by atoms with E-state index in [9.17, 15) is 5.11 Å². The topological polar surface area (TPSA) is 20.2 Å². The normalized spacial score (nSPS) is 37.6. The highest BCUT2D eigenvalue weighted by atomic mass is 16.3. The molecular weight excluding hydrogens is 256 g/mol. The fourth-order valence-electron chi connectivity index (χ4n) is 5.00. The maximum Gasteiger partial charge on any atom is 0.0648 e. The largest absolute Gasteiger partial charge is 0.390 e. The second-order valence-electron chi connectivity index (χ2n) is 8.09. The van der Waals surface area contributed by atoms with E-state index in [0.29, 0.717) is 0 Å². The van der Waals surface area contributed by atoms with Gasteiger partial charge < -0.3 is 5.11 Å². The van der Waals surface area contributed by atoms with Gasteiger partial charge in [-0.1, -0.05) is 58.8 Å². The van der Waals surface area contributed by atoms with Gasteiger partial charge in [0.1, 0.15) is 0 Å². The van der Waals surface area contributed by atoms with E-state index >= 15 is 0 Å². The quantitative estimate of drug-likeness (QED) is 0.563. The molecule has 2 aliphatic rings. The van der Waals surface area contributed by atoms with Gasteiger partial charge in [-0.15, -0.1) is 0 Å². The van der Waals surface area contributed by atoms with Gasteiger partial charge in [0.05, 0.1) is 5.60 Å². The van der Waals surface area contributed by atoms with Gasteiger partial charge in [0.15, 0.2) is 0 Å². The van der Waals surface area contributed by atoms with Crippen molar-refractivity contribution in [1.82, 2.24) is 0 Å². The minimum atomic E-state index is -0.303. The zero-order valence-electron chi connectivity index (χ0n) is 14.6. The maximum atomic E-state index is 10.5. The average Bonchev–Trinajstić information content (AvgIpc) is 2.49. The van der Waals surface area contributed by atoms with Gasteiger partial charge in [-0.25, -0.2) is 0 Å². The van der Waals surface area contributed by atoms with E-state index in [1.165, 1.54) is 64.2 Å². The lowest BCUT2D eigenvalue weighted by Crippen LogP contribution is -2.36. The zero-order valence-corrected chi connectivity index (χ0v) is 14.6. The summed E-state index contributed by atoms with van der Waals surface area (Å²) in [5, 5.41) is 10.5. The van der Waals surface area contributed by atoms with Crippen molar-refractivity contribution in [2.45, 2.75) is 109 Å². The van der Waals surface area contributed by atoms with Crippen LogP contribution in [0, 0.1) is 17.8 Å². The van der Waals surface area contributed by atoms with Crippen LogP contribution in [-0.4, -0.2) is 10.7 Å². The molecule has 0 aromatic rings. The molecule has 0 bridgehead atoms. The van der Waals surface area contributed by atoms with Crippen LogP contribution in [0.15, 0.2) is 0 Å². The van der Waals surface area contributed by atoms with Crippen LogP contribution in [-0.2, 0) is 0 Å². The van der Waals surface area contributed by atoms with E-state index < -0.39 is 0 Å². The maximum absolute atomic E-state index is 10.5. The van der Waals surface area contributed by atoms with Crippen LogP contribution in [0.2, 0.25) is 0 Å². The molecule has 1 nitrogen and oxygen atoms in total. The first-order valence-electron chi connectivity index (χ1n) is 9.89. The van der Waals surface area contributed by atoms with E-state index in [2.05, 4.69) is 13.8 Å². The molecular formula is C20H38O. The molecule has 124 valence electrons. The van der Waals surface area contributed by atoms with Crippen LogP contribution in [0.4, 0.5) is 0 Å². The van der Waals surface area contributed by atoms with Gasteiger partial charge >= 0.3 is 0 Å². The standard InChI is InChI=1S/C20H38O/c1-3-5-6-7-17-8-10-18(11-9-17)19-12-15-20(21,14-4-2)16-13-19/h17-19,21H,3-16H2,1-2H3. The minimum absolute atomic E-state index is 0.303. The Balaban J connectivity index is 1.67. The van der Waals surface area contributed by atoms with Gasteiger partial charge in [0.2, 0.25) is 0 Å². The molecule has 0 unspecified atom stereocenters. The van der Waals surface area contributed by atoms with Crippen LogP contribution in [0.25, 0.3) is 0 Å². The zero-order chi connectivity index (χ0) is 15.1. The lowest BCUT2D eigenvalue weighted by molar-refractivity contribution is -0.0281. The Morgan fingerprint density at radius 3 is 2.00 bits per heavy atom. The highest BCUT2D eigenvalue weighted by molar-refractivity contribution is 4.88. The number of hydrogen-bond donors (Lipinski definition) is 1. The van der Waals surface area contributed by atoms with Crippen molar-refractivity contribution in [3.05, 3.63) is 0 Å². The van der Waals surface area contributed by atoms with E-state index in [0.717, 1.165) is 43.4 Å². The molecule has 0 saturated heterocycles. The Bertz CT molecular complexity index is 270. The van der Waals surface area contributed by atoms with E-state index in [1.807, 2.05) is 0 Å². The van der Waals surface area contributed by atoms with Crippen molar-refractivity contribution in [3.63, 3.8) is 0 Å². The monoisotopic (exact) mass is 294 g/mol. The molecule has 2 saturated carbocycles. The van der Waals surface area contributed by atoms with Crippen molar-refractivity contribution < 1.29 is 5.11 Å². The first kappa shape index (κ1) is 17.3. The summed E-state index contributed by atoms with van der Waals surface area (Å²) in [4.78, 5) is 0.